The summed E-state index contributed by atoms with van der Waals surface area (Å²) in [5, 5.41) is 7.43. The van der Waals surface area contributed by atoms with E-state index in [2.05, 4.69) is 5.32 Å². The van der Waals surface area contributed by atoms with Crippen molar-refractivity contribution in [2.75, 3.05) is 12.4 Å². The van der Waals surface area contributed by atoms with Crippen molar-refractivity contribution in [3.63, 3.8) is 0 Å². The Kier molecular flexibility index (Phi) is 5.13. The maximum Gasteiger partial charge on any atom is 0.341 e. The van der Waals surface area contributed by atoms with Crippen LogP contribution in [0.25, 0.3) is 10.4 Å². The Morgan fingerprint density at radius 3 is 2.65 bits per heavy atom. The summed E-state index contributed by atoms with van der Waals surface area (Å²) in [6, 6.07) is 3.91. The zero-order valence-corrected chi connectivity index (χ0v) is 14.6. The molecule has 1 N–H and O–H groups in total. The van der Waals surface area contributed by atoms with Crippen LogP contribution in [0.2, 0.25) is 0 Å². The molecule has 0 aromatic carbocycles. The number of thiophene rings is 2. The molecule has 0 aliphatic heterocycles. The first kappa shape index (κ1) is 16.2. The number of nitrogens with one attached hydrogen (secondary N) is 1. The molecule has 3 rings (SSSR count). The molecule has 0 saturated heterocycles. The Hall–Kier alpha value is -1.66. The van der Waals surface area contributed by atoms with Crippen molar-refractivity contribution in [1.29, 1.82) is 0 Å². The van der Waals surface area contributed by atoms with Gasteiger partial charge in [0.2, 0.25) is 5.91 Å². The summed E-state index contributed by atoms with van der Waals surface area (Å²) in [5.74, 6) is -0.329. The second-order valence-corrected chi connectivity index (χ2v) is 7.47. The van der Waals surface area contributed by atoms with E-state index in [-0.39, 0.29) is 11.8 Å². The molecule has 4 nitrogen and oxygen atoms in total. The van der Waals surface area contributed by atoms with Crippen LogP contribution in [-0.4, -0.2) is 19.0 Å². The van der Waals surface area contributed by atoms with E-state index in [9.17, 15) is 9.59 Å². The van der Waals surface area contributed by atoms with Crippen LogP contribution in [0.5, 0.6) is 0 Å². The average molecular weight is 349 g/mol. The summed E-state index contributed by atoms with van der Waals surface area (Å²) in [4.78, 5) is 25.7. The predicted octanol–water partition coefficient (Wildman–Crippen LogP) is 4.78. The van der Waals surface area contributed by atoms with Gasteiger partial charge in [-0.2, -0.15) is 0 Å². The first-order valence-electron chi connectivity index (χ1n) is 7.75. The lowest BCUT2D eigenvalue weighted by Crippen LogP contribution is -2.25. The van der Waals surface area contributed by atoms with E-state index >= 15 is 0 Å². The van der Waals surface area contributed by atoms with Gasteiger partial charge in [0.15, 0.2) is 0 Å². The average Bonchev–Trinajstić information content (AvgIpc) is 3.24. The third-order valence-corrected chi connectivity index (χ3v) is 5.98. The van der Waals surface area contributed by atoms with Gasteiger partial charge in [-0.25, -0.2) is 4.79 Å². The molecule has 0 spiro atoms. The summed E-state index contributed by atoms with van der Waals surface area (Å²) < 4.78 is 4.92. The van der Waals surface area contributed by atoms with Gasteiger partial charge in [-0.05, 0) is 24.3 Å². The summed E-state index contributed by atoms with van der Waals surface area (Å²) in [7, 11) is 1.37. The van der Waals surface area contributed by atoms with E-state index in [4.69, 9.17) is 4.74 Å². The molecule has 1 amide bonds. The summed E-state index contributed by atoms with van der Waals surface area (Å²) in [6.45, 7) is 0. The molecular weight excluding hydrogens is 330 g/mol. The van der Waals surface area contributed by atoms with Crippen LogP contribution in [0.15, 0.2) is 22.9 Å². The van der Waals surface area contributed by atoms with Gasteiger partial charge in [-0.15, -0.1) is 22.7 Å². The highest BCUT2D eigenvalue weighted by molar-refractivity contribution is 7.17. The van der Waals surface area contributed by atoms with Crippen LogP contribution < -0.4 is 5.32 Å². The first-order valence-corrected chi connectivity index (χ1v) is 9.51. The first-order chi connectivity index (χ1) is 11.2. The lowest BCUT2D eigenvalue weighted by atomic mass is 9.89. The Morgan fingerprint density at radius 2 is 2.00 bits per heavy atom. The van der Waals surface area contributed by atoms with E-state index < -0.39 is 5.97 Å². The third-order valence-electron chi connectivity index (χ3n) is 4.18. The molecule has 2 aromatic heterocycles. The molecule has 1 aliphatic rings. The molecule has 0 unspecified atom stereocenters. The van der Waals surface area contributed by atoms with Gasteiger partial charge < -0.3 is 10.1 Å². The van der Waals surface area contributed by atoms with Gasteiger partial charge >= 0.3 is 5.97 Å². The predicted molar refractivity (Wildman–Crippen MR) is 94.2 cm³/mol. The fourth-order valence-corrected chi connectivity index (χ4v) is 4.72. The molecule has 0 atom stereocenters. The second-order valence-electron chi connectivity index (χ2n) is 5.65. The number of carbonyl (C=O) groups excluding carboxylic acids is 2. The van der Waals surface area contributed by atoms with Crippen molar-refractivity contribution in [2.45, 2.75) is 32.1 Å². The highest BCUT2D eigenvalue weighted by atomic mass is 32.1. The Balaban J connectivity index is 1.87. The Labute approximate surface area is 143 Å². The fraction of sp³-hybridized carbons (Fsp3) is 0.412. The van der Waals surface area contributed by atoms with E-state index in [0.29, 0.717) is 10.6 Å². The molecule has 6 heteroatoms. The number of carbonyl (C=O) groups is 2. The lowest BCUT2D eigenvalue weighted by Gasteiger charge is -2.20. The largest absolute Gasteiger partial charge is 0.465 e. The number of esters is 1. The van der Waals surface area contributed by atoms with E-state index in [1.165, 1.54) is 24.9 Å². The quantitative estimate of drug-likeness (QED) is 0.808. The van der Waals surface area contributed by atoms with Gasteiger partial charge in [-0.1, -0.05) is 25.3 Å². The zero-order chi connectivity index (χ0) is 16.2. The molecular formula is C17H19NO3S2. The number of hydrogen-bond acceptors (Lipinski definition) is 5. The minimum atomic E-state index is -0.409. The normalized spacial score (nSPS) is 15.3. The zero-order valence-electron chi connectivity index (χ0n) is 13.0. The number of hydrogen-bond donors (Lipinski definition) is 1. The van der Waals surface area contributed by atoms with E-state index in [1.54, 1.807) is 11.3 Å². The van der Waals surface area contributed by atoms with Crippen molar-refractivity contribution in [3.05, 3.63) is 28.5 Å². The Morgan fingerprint density at radius 1 is 1.22 bits per heavy atom. The molecule has 0 bridgehead atoms. The molecule has 0 radical (unpaired) electrons. The van der Waals surface area contributed by atoms with Crippen molar-refractivity contribution in [2.24, 2.45) is 5.92 Å². The maximum atomic E-state index is 12.5. The molecule has 1 aliphatic carbocycles. The summed E-state index contributed by atoms with van der Waals surface area (Å²) in [5.41, 5.74) is 1.29. The second kappa shape index (κ2) is 7.27. The smallest absolute Gasteiger partial charge is 0.341 e. The summed E-state index contributed by atoms with van der Waals surface area (Å²) in [6.07, 6.45) is 5.28. The number of rotatable bonds is 4. The van der Waals surface area contributed by atoms with E-state index in [0.717, 1.165) is 36.1 Å². The number of ether oxygens (including phenoxy) is 1. The topological polar surface area (TPSA) is 55.4 Å². The van der Waals surface area contributed by atoms with Crippen LogP contribution in [0.1, 0.15) is 42.5 Å². The van der Waals surface area contributed by atoms with Crippen molar-refractivity contribution >= 4 is 39.6 Å². The van der Waals surface area contributed by atoms with Crippen LogP contribution in [0.4, 0.5) is 5.00 Å². The summed E-state index contributed by atoms with van der Waals surface area (Å²) >= 11 is 2.95. The van der Waals surface area contributed by atoms with Crippen molar-refractivity contribution in [1.82, 2.24) is 0 Å². The third kappa shape index (κ3) is 3.48. The van der Waals surface area contributed by atoms with Gasteiger partial charge in [0.1, 0.15) is 10.6 Å². The fourth-order valence-electron chi connectivity index (χ4n) is 2.95. The minimum absolute atomic E-state index is 0.0226. The van der Waals surface area contributed by atoms with Gasteiger partial charge in [-0.3, -0.25) is 4.79 Å². The number of amides is 1. The van der Waals surface area contributed by atoms with Gasteiger partial charge in [0, 0.05) is 21.7 Å². The standard InChI is InChI=1S/C17H19NO3S2/c1-21-17(20)14-12(13-8-5-9-22-13)10-23-16(14)18-15(19)11-6-3-2-4-7-11/h5,8-11H,2-4,6-7H2,1H3,(H,18,19). The van der Waals surface area contributed by atoms with Crippen LogP contribution in [0, 0.1) is 5.92 Å². The lowest BCUT2D eigenvalue weighted by molar-refractivity contribution is -0.120. The van der Waals surface area contributed by atoms with Gasteiger partial charge in [0.25, 0.3) is 0 Å². The minimum Gasteiger partial charge on any atom is -0.465 e. The molecule has 122 valence electrons. The molecule has 23 heavy (non-hydrogen) atoms. The molecule has 1 fully saturated rings. The van der Waals surface area contributed by atoms with Crippen LogP contribution in [-0.2, 0) is 9.53 Å². The maximum absolute atomic E-state index is 12.5. The van der Waals surface area contributed by atoms with Crippen molar-refractivity contribution < 1.29 is 14.3 Å². The van der Waals surface area contributed by atoms with Crippen LogP contribution >= 0.6 is 22.7 Å². The number of methoxy groups -OCH3 is 1. The van der Waals surface area contributed by atoms with E-state index in [1.807, 2.05) is 22.9 Å². The molecule has 2 aromatic rings. The molecule has 1 saturated carbocycles. The monoisotopic (exact) mass is 349 g/mol. The number of anilines is 1. The Bertz CT molecular complexity index is 685. The van der Waals surface area contributed by atoms with Crippen molar-refractivity contribution in [3.8, 4) is 10.4 Å². The SMILES string of the molecule is COC(=O)c1c(-c2cccs2)csc1NC(=O)C1CCCCC1. The highest BCUT2D eigenvalue weighted by Crippen LogP contribution is 2.38. The molecule has 2 heterocycles. The van der Waals surface area contributed by atoms with Crippen LogP contribution in [0.3, 0.4) is 0 Å². The van der Waals surface area contributed by atoms with Gasteiger partial charge in [0.05, 0.1) is 7.11 Å². The highest BCUT2D eigenvalue weighted by Gasteiger charge is 2.26.